The van der Waals surface area contributed by atoms with E-state index >= 15 is 0 Å². The number of piperidine rings is 1. The number of benzene rings is 1. The minimum atomic E-state index is 0. The average molecular weight is 317 g/mol. The summed E-state index contributed by atoms with van der Waals surface area (Å²) >= 11 is 5.85. The first-order chi connectivity index (χ1) is 9.10. The molecule has 1 saturated heterocycles. The van der Waals surface area contributed by atoms with E-state index < -0.39 is 0 Å². The molecule has 1 aliphatic rings. The van der Waals surface area contributed by atoms with Crippen molar-refractivity contribution in [3.8, 4) is 0 Å². The van der Waals surface area contributed by atoms with E-state index in [1.165, 1.54) is 0 Å². The summed E-state index contributed by atoms with van der Waals surface area (Å²) in [5.41, 5.74) is 6.80. The third kappa shape index (κ3) is 4.37. The van der Waals surface area contributed by atoms with E-state index in [4.69, 9.17) is 17.3 Å². The number of carbonyl (C=O) groups excluding carboxylic acids is 1. The Morgan fingerprint density at radius 1 is 1.40 bits per heavy atom. The Hall–Kier alpha value is -0.770. The van der Waals surface area contributed by atoms with Crippen molar-refractivity contribution in [2.75, 3.05) is 13.1 Å². The molecule has 0 aromatic heterocycles. The number of likely N-dealkylation sites (tertiary alicyclic amines) is 1. The Labute approximate surface area is 131 Å². The number of amides is 1. The number of nitrogens with two attached hydrogens (primary N) is 1. The van der Waals surface area contributed by atoms with Crippen LogP contribution in [0.25, 0.3) is 0 Å². The zero-order chi connectivity index (χ0) is 13.8. The molecule has 2 unspecified atom stereocenters. The van der Waals surface area contributed by atoms with Crippen molar-refractivity contribution in [3.05, 3.63) is 34.9 Å². The van der Waals surface area contributed by atoms with Crippen molar-refractivity contribution < 1.29 is 4.79 Å². The Bertz CT molecular complexity index is 436. The van der Waals surface area contributed by atoms with Crippen LogP contribution in [0, 0.1) is 5.92 Å². The number of rotatable bonds is 3. The highest BCUT2D eigenvalue weighted by atomic mass is 35.5. The first kappa shape index (κ1) is 17.3. The highest BCUT2D eigenvalue weighted by Crippen LogP contribution is 2.22. The molecule has 1 aromatic rings. The maximum absolute atomic E-state index is 12.4. The molecule has 112 valence electrons. The molecule has 0 bridgehead atoms. The fraction of sp³-hybridized carbons (Fsp3) is 0.533. The van der Waals surface area contributed by atoms with E-state index in [-0.39, 0.29) is 24.4 Å². The van der Waals surface area contributed by atoms with Crippen molar-refractivity contribution >= 4 is 29.9 Å². The summed E-state index contributed by atoms with van der Waals surface area (Å²) in [5.74, 6) is 0.831. The second-order valence-electron chi connectivity index (χ2n) is 5.41. The monoisotopic (exact) mass is 316 g/mol. The summed E-state index contributed by atoms with van der Waals surface area (Å²) in [6.07, 6.45) is 2.52. The van der Waals surface area contributed by atoms with Gasteiger partial charge in [0.1, 0.15) is 0 Å². The highest BCUT2D eigenvalue weighted by Gasteiger charge is 2.28. The van der Waals surface area contributed by atoms with E-state index in [1.807, 2.05) is 29.2 Å². The van der Waals surface area contributed by atoms with Crippen LogP contribution in [-0.2, 0) is 11.2 Å². The molecule has 5 heteroatoms. The number of nitrogens with zero attached hydrogens (tertiary/aromatic N) is 1. The molecule has 3 nitrogen and oxygen atoms in total. The zero-order valence-corrected chi connectivity index (χ0v) is 13.3. The molecular formula is C15H22Cl2N2O. The van der Waals surface area contributed by atoms with Gasteiger partial charge in [0, 0.05) is 24.2 Å². The van der Waals surface area contributed by atoms with E-state index in [1.54, 1.807) is 0 Å². The quantitative estimate of drug-likeness (QED) is 0.932. The van der Waals surface area contributed by atoms with Gasteiger partial charge in [-0.25, -0.2) is 0 Å². The second-order valence-corrected chi connectivity index (χ2v) is 5.85. The van der Waals surface area contributed by atoms with Crippen LogP contribution in [0.4, 0.5) is 0 Å². The fourth-order valence-corrected chi connectivity index (χ4v) is 2.81. The molecule has 0 spiro atoms. The minimum Gasteiger partial charge on any atom is -0.338 e. The topological polar surface area (TPSA) is 46.3 Å². The molecule has 0 radical (unpaired) electrons. The molecule has 2 atom stereocenters. The second kappa shape index (κ2) is 7.87. The Kier molecular flexibility index (Phi) is 6.80. The summed E-state index contributed by atoms with van der Waals surface area (Å²) < 4.78 is 0. The van der Waals surface area contributed by atoms with Gasteiger partial charge in [-0.3, -0.25) is 4.79 Å². The molecule has 0 aliphatic carbocycles. The van der Waals surface area contributed by atoms with Crippen LogP contribution >= 0.6 is 24.0 Å². The highest BCUT2D eigenvalue weighted by molar-refractivity contribution is 6.30. The predicted molar refractivity (Wildman–Crippen MR) is 85.4 cm³/mol. The molecule has 1 heterocycles. The lowest BCUT2D eigenvalue weighted by molar-refractivity contribution is -0.134. The molecule has 2 rings (SSSR count). The third-order valence-electron chi connectivity index (χ3n) is 3.84. The summed E-state index contributed by atoms with van der Waals surface area (Å²) in [6, 6.07) is 7.66. The van der Waals surface area contributed by atoms with Gasteiger partial charge in [-0.15, -0.1) is 12.4 Å². The van der Waals surface area contributed by atoms with Gasteiger partial charge in [0.2, 0.25) is 5.91 Å². The summed E-state index contributed by atoms with van der Waals surface area (Å²) in [4.78, 5) is 14.3. The number of hydrogen-bond donors (Lipinski definition) is 1. The van der Waals surface area contributed by atoms with E-state index in [9.17, 15) is 4.79 Å². The molecule has 1 amide bonds. The van der Waals surface area contributed by atoms with Gasteiger partial charge in [0.05, 0.1) is 6.42 Å². The SMILES string of the molecule is CC1CCN(C(=O)Cc2ccc(Cl)cc2)C(CN)C1.Cl. The van der Waals surface area contributed by atoms with Gasteiger partial charge in [0.25, 0.3) is 0 Å². The first-order valence-corrected chi connectivity index (χ1v) is 7.22. The van der Waals surface area contributed by atoms with Gasteiger partial charge in [-0.05, 0) is 36.5 Å². The number of hydrogen-bond acceptors (Lipinski definition) is 2. The van der Waals surface area contributed by atoms with Crippen molar-refractivity contribution in [2.45, 2.75) is 32.2 Å². The summed E-state index contributed by atoms with van der Waals surface area (Å²) in [7, 11) is 0. The van der Waals surface area contributed by atoms with Crippen LogP contribution in [0.5, 0.6) is 0 Å². The predicted octanol–water partition coefficient (Wildman–Crippen LogP) is 2.89. The molecule has 1 aliphatic heterocycles. The molecule has 0 saturated carbocycles. The van der Waals surface area contributed by atoms with Crippen LogP contribution in [0.15, 0.2) is 24.3 Å². The Morgan fingerprint density at radius 2 is 2.05 bits per heavy atom. The smallest absolute Gasteiger partial charge is 0.227 e. The lowest BCUT2D eigenvalue weighted by atomic mass is 9.92. The van der Waals surface area contributed by atoms with E-state index in [0.29, 0.717) is 23.9 Å². The molecule has 1 fully saturated rings. The number of halogens is 2. The normalized spacial score (nSPS) is 22.2. The first-order valence-electron chi connectivity index (χ1n) is 6.84. The van der Waals surface area contributed by atoms with Crippen LogP contribution in [0.2, 0.25) is 5.02 Å². The Balaban J connectivity index is 0.00000200. The standard InChI is InChI=1S/C15H21ClN2O.ClH/c1-11-6-7-18(14(8-11)10-17)15(19)9-12-2-4-13(16)5-3-12;/h2-5,11,14H,6-10,17H2,1H3;1H. The third-order valence-corrected chi connectivity index (χ3v) is 4.09. The van der Waals surface area contributed by atoms with Crippen molar-refractivity contribution in [2.24, 2.45) is 11.7 Å². The number of carbonyl (C=O) groups is 1. The van der Waals surface area contributed by atoms with Crippen LogP contribution in [-0.4, -0.2) is 29.9 Å². The van der Waals surface area contributed by atoms with Crippen LogP contribution in [0.1, 0.15) is 25.3 Å². The maximum atomic E-state index is 12.4. The lowest BCUT2D eigenvalue weighted by Crippen LogP contribution is -2.49. The lowest BCUT2D eigenvalue weighted by Gasteiger charge is -2.38. The average Bonchev–Trinajstić information content (AvgIpc) is 2.41. The van der Waals surface area contributed by atoms with Crippen molar-refractivity contribution in [1.29, 1.82) is 0 Å². The largest absolute Gasteiger partial charge is 0.338 e. The summed E-state index contributed by atoms with van der Waals surface area (Å²) in [6.45, 7) is 3.61. The zero-order valence-electron chi connectivity index (χ0n) is 11.7. The minimum absolute atomic E-state index is 0. The summed E-state index contributed by atoms with van der Waals surface area (Å²) in [5, 5.41) is 0.697. The van der Waals surface area contributed by atoms with Gasteiger partial charge >= 0.3 is 0 Å². The van der Waals surface area contributed by atoms with Crippen LogP contribution < -0.4 is 5.73 Å². The van der Waals surface area contributed by atoms with Gasteiger partial charge in [-0.2, -0.15) is 0 Å². The maximum Gasteiger partial charge on any atom is 0.227 e. The molecule has 20 heavy (non-hydrogen) atoms. The molecular weight excluding hydrogens is 295 g/mol. The van der Waals surface area contributed by atoms with Crippen molar-refractivity contribution in [3.63, 3.8) is 0 Å². The molecule has 1 aromatic carbocycles. The van der Waals surface area contributed by atoms with Gasteiger partial charge in [-0.1, -0.05) is 30.7 Å². The van der Waals surface area contributed by atoms with Crippen molar-refractivity contribution in [1.82, 2.24) is 4.90 Å². The van der Waals surface area contributed by atoms with E-state index in [0.717, 1.165) is 24.9 Å². The van der Waals surface area contributed by atoms with Crippen LogP contribution in [0.3, 0.4) is 0 Å². The van der Waals surface area contributed by atoms with E-state index in [2.05, 4.69) is 6.92 Å². The van der Waals surface area contributed by atoms with Gasteiger partial charge in [0.15, 0.2) is 0 Å². The molecule has 2 N–H and O–H groups in total. The van der Waals surface area contributed by atoms with Gasteiger partial charge < -0.3 is 10.6 Å². The Morgan fingerprint density at radius 3 is 2.65 bits per heavy atom. The fourth-order valence-electron chi connectivity index (χ4n) is 2.68.